The molecular weight excluding hydrogens is 260 g/mol. The zero-order valence-electron chi connectivity index (χ0n) is 14.2. The van der Waals surface area contributed by atoms with Gasteiger partial charge in [-0.25, -0.2) is 0 Å². The van der Waals surface area contributed by atoms with Gasteiger partial charge in [-0.05, 0) is 56.2 Å². The summed E-state index contributed by atoms with van der Waals surface area (Å²) in [5, 5.41) is 0. The molecule has 1 aliphatic carbocycles. The van der Waals surface area contributed by atoms with Crippen LogP contribution in [0.2, 0.25) is 0 Å². The molecule has 0 amide bonds. The van der Waals surface area contributed by atoms with Crippen LogP contribution in [0.3, 0.4) is 0 Å². The molecule has 0 bridgehead atoms. The van der Waals surface area contributed by atoms with E-state index in [0.717, 1.165) is 11.5 Å². The van der Waals surface area contributed by atoms with E-state index in [0.29, 0.717) is 17.8 Å². The Morgan fingerprint density at radius 3 is 2.10 bits per heavy atom. The lowest BCUT2D eigenvalue weighted by atomic mass is 9.71. The number of benzene rings is 1. The molecule has 0 radical (unpaired) electrons. The summed E-state index contributed by atoms with van der Waals surface area (Å²) in [6, 6.07) is 4.24. The van der Waals surface area contributed by atoms with Crippen molar-refractivity contribution in [3.8, 4) is 11.5 Å². The van der Waals surface area contributed by atoms with Crippen molar-refractivity contribution in [1.82, 2.24) is 0 Å². The topological polar surface area (TPSA) is 18.5 Å². The molecule has 0 N–H and O–H groups in total. The van der Waals surface area contributed by atoms with E-state index in [2.05, 4.69) is 45.9 Å². The molecule has 2 rings (SSSR count). The zero-order valence-corrected chi connectivity index (χ0v) is 14.2. The Bertz CT molecular complexity index is 503. The summed E-state index contributed by atoms with van der Waals surface area (Å²) in [5.41, 5.74) is 3.86. The Kier molecular flexibility index (Phi) is 4.97. The van der Waals surface area contributed by atoms with Crippen LogP contribution in [0, 0.1) is 18.8 Å². The van der Waals surface area contributed by atoms with Gasteiger partial charge in [0.05, 0.1) is 14.2 Å². The van der Waals surface area contributed by atoms with Crippen LogP contribution in [-0.2, 0) is 0 Å². The fraction of sp³-hybridized carbons (Fsp3) is 0.579. The molecule has 21 heavy (non-hydrogen) atoms. The van der Waals surface area contributed by atoms with Crippen LogP contribution >= 0.6 is 0 Å². The summed E-state index contributed by atoms with van der Waals surface area (Å²) >= 11 is 0. The Hall–Kier alpha value is -1.44. The predicted molar refractivity (Wildman–Crippen MR) is 88.3 cm³/mol. The average molecular weight is 288 g/mol. The first-order valence-electron chi connectivity index (χ1n) is 7.87. The maximum absolute atomic E-state index is 5.68. The van der Waals surface area contributed by atoms with Gasteiger partial charge < -0.3 is 9.47 Å². The molecule has 116 valence electrons. The number of allylic oxidation sites excluding steroid dienone is 2. The second-order valence-electron chi connectivity index (χ2n) is 6.57. The summed E-state index contributed by atoms with van der Waals surface area (Å²) in [4.78, 5) is 0. The smallest absolute Gasteiger partial charge is 0.126 e. The predicted octanol–water partition coefficient (Wildman–Crippen LogP) is 5.11. The van der Waals surface area contributed by atoms with Gasteiger partial charge >= 0.3 is 0 Å². The monoisotopic (exact) mass is 288 g/mol. The van der Waals surface area contributed by atoms with E-state index in [9.17, 15) is 0 Å². The van der Waals surface area contributed by atoms with Gasteiger partial charge in [-0.15, -0.1) is 0 Å². The minimum absolute atomic E-state index is 0.379. The maximum Gasteiger partial charge on any atom is 0.126 e. The Labute approximate surface area is 129 Å². The van der Waals surface area contributed by atoms with Crippen molar-refractivity contribution in [2.24, 2.45) is 11.8 Å². The molecule has 1 aromatic rings. The van der Waals surface area contributed by atoms with E-state index in [1.54, 1.807) is 14.2 Å². The van der Waals surface area contributed by atoms with Gasteiger partial charge in [0.1, 0.15) is 11.5 Å². The first-order chi connectivity index (χ1) is 9.97. The van der Waals surface area contributed by atoms with Crippen molar-refractivity contribution in [1.29, 1.82) is 0 Å². The third-order valence-electron chi connectivity index (χ3n) is 4.68. The van der Waals surface area contributed by atoms with E-state index < -0.39 is 0 Å². The lowest BCUT2D eigenvalue weighted by Crippen LogP contribution is -2.22. The zero-order chi connectivity index (χ0) is 15.6. The lowest BCUT2D eigenvalue weighted by molar-refractivity contribution is 0.299. The van der Waals surface area contributed by atoms with Crippen LogP contribution in [0.15, 0.2) is 23.8 Å². The van der Waals surface area contributed by atoms with Crippen LogP contribution in [-0.4, -0.2) is 14.2 Å². The number of ether oxygens (including phenoxy) is 2. The van der Waals surface area contributed by atoms with Crippen molar-refractivity contribution in [2.45, 2.75) is 46.5 Å². The van der Waals surface area contributed by atoms with E-state index in [-0.39, 0.29) is 0 Å². The van der Waals surface area contributed by atoms with E-state index in [1.165, 1.54) is 29.5 Å². The van der Waals surface area contributed by atoms with Crippen molar-refractivity contribution in [3.63, 3.8) is 0 Å². The van der Waals surface area contributed by atoms with Gasteiger partial charge in [0.15, 0.2) is 0 Å². The van der Waals surface area contributed by atoms with Gasteiger partial charge in [-0.1, -0.05) is 25.5 Å². The van der Waals surface area contributed by atoms with Crippen LogP contribution in [0.25, 0.3) is 0 Å². The van der Waals surface area contributed by atoms with Crippen LogP contribution in [0.1, 0.15) is 50.7 Å². The first-order valence-corrected chi connectivity index (χ1v) is 7.87. The normalized spacial score (nSPS) is 22.1. The van der Waals surface area contributed by atoms with Crippen LogP contribution in [0.4, 0.5) is 0 Å². The molecule has 0 spiro atoms. The van der Waals surface area contributed by atoms with Crippen molar-refractivity contribution in [2.75, 3.05) is 14.2 Å². The summed E-state index contributed by atoms with van der Waals surface area (Å²) < 4.78 is 11.4. The highest BCUT2D eigenvalue weighted by Crippen LogP contribution is 2.47. The number of hydrogen-bond donors (Lipinski definition) is 0. The van der Waals surface area contributed by atoms with Gasteiger partial charge in [-0.3, -0.25) is 0 Å². The largest absolute Gasteiger partial charge is 0.496 e. The summed E-state index contributed by atoms with van der Waals surface area (Å²) in [5.74, 6) is 3.57. The standard InChI is InChI=1S/C19H28O2/c1-12(2)15-8-7-13(3)9-16(15)19-17(20-5)10-14(4)11-18(19)21-6/h9-12,15-16H,7-8H2,1-6H3. The fourth-order valence-corrected chi connectivity index (χ4v) is 3.53. The summed E-state index contributed by atoms with van der Waals surface area (Å²) in [6.07, 6.45) is 4.87. The third-order valence-corrected chi connectivity index (χ3v) is 4.68. The number of hydrogen-bond acceptors (Lipinski definition) is 2. The van der Waals surface area contributed by atoms with Crippen LogP contribution < -0.4 is 9.47 Å². The molecule has 0 aromatic heterocycles. The number of aryl methyl sites for hydroxylation is 1. The van der Waals surface area contributed by atoms with Gasteiger partial charge in [0.2, 0.25) is 0 Å². The van der Waals surface area contributed by atoms with Gasteiger partial charge in [-0.2, -0.15) is 0 Å². The van der Waals surface area contributed by atoms with Gasteiger partial charge in [0.25, 0.3) is 0 Å². The lowest BCUT2D eigenvalue weighted by Gasteiger charge is -2.34. The quantitative estimate of drug-likeness (QED) is 0.717. The van der Waals surface area contributed by atoms with E-state index >= 15 is 0 Å². The summed E-state index contributed by atoms with van der Waals surface area (Å²) in [6.45, 7) is 8.95. The van der Waals surface area contributed by atoms with E-state index in [4.69, 9.17) is 9.47 Å². The molecule has 2 nitrogen and oxygen atoms in total. The third kappa shape index (κ3) is 3.25. The number of methoxy groups -OCH3 is 2. The SMILES string of the molecule is COc1cc(C)cc(OC)c1C1C=C(C)CCC1C(C)C. The minimum atomic E-state index is 0.379. The summed E-state index contributed by atoms with van der Waals surface area (Å²) in [7, 11) is 3.50. The molecule has 0 saturated carbocycles. The Balaban J connectivity index is 2.59. The minimum Gasteiger partial charge on any atom is -0.496 e. The molecule has 2 heteroatoms. The van der Waals surface area contributed by atoms with E-state index in [1.807, 2.05) is 0 Å². The number of rotatable bonds is 4. The molecule has 2 unspecified atom stereocenters. The average Bonchev–Trinajstić information content (AvgIpc) is 2.45. The molecule has 2 atom stereocenters. The fourth-order valence-electron chi connectivity index (χ4n) is 3.53. The van der Waals surface area contributed by atoms with Crippen LogP contribution in [0.5, 0.6) is 11.5 Å². The second kappa shape index (κ2) is 6.55. The first kappa shape index (κ1) is 15.9. The molecule has 0 aliphatic heterocycles. The molecular formula is C19H28O2. The molecule has 0 heterocycles. The molecule has 0 saturated heterocycles. The molecule has 0 fully saturated rings. The highest BCUT2D eigenvalue weighted by Gasteiger charge is 2.31. The Morgan fingerprint density at radius 2 is 1.62 bits per heavy atom. The second-order valence-corrected chi connectivity index (χ2v) is 6.57. The van der Waals surface area contributed by atoms with Crippen molar-refractivity contribution >= 4 is 0 Å². The Morgan fingerprint density at radius 1 is 1.05 bits per heavy atom. The van der Waals surface area contributed by atoms with Crippen molar-refractivity contribution in [3.05, 3.63) is 34.9 Å². The molecule has 1 aromatic carbocycles. The highest BCUT2D eigenvalue weighted by molar-refractivity contribution is 5.52. The highest BCUT2D eigenvalue weighted by atomic mass is 16.5. The van der Waals surface area contributed by atoms with Crippen molar-refractivity contribution < 1.29 is 9.47 Å². The maximum atomic E-state index is 5.68. The van der Waals surface area contributed by atoms with Gasteiger partial charge in [0, 0.05) is 11.5 Å². The molecule has 1 aliphatic rings.